The average molecular weight is 460 g/mol. The van der Waals surface area contributed by atoms with E-state index in [0.717, 1.165) is 44.4 Å². The molecule has 0 unspecified atom stereocenters. The highest BCUT2D eigenvalue weighted by Crippen LogP contribution is 2.30. The lowest BCUT2D eigenvalue weighted by atomic mass is 9.81. The van der Waals surface area contributed by atoms with E-state index < -0.39 is 11.9 Å². The van der Waals surface area contributed by atoms with Gasteiger partial charge < -0.3 is 16.0 Å². The van der Waals surface area contributed by atoms with Crippen molar-refractivity contribution in [3.05, 3.63) is 29.6 Å². The number of benzene rings is 1. The maximum absolute atomic E-state index is 14.7. The molecule has 1 aromatic carbocycles. The average Bonchev–Trinajstić information content (AvgIpc) is 2.75. The van der Waals surface area contributed by atoms with Crippen LogP contribution in [-0.4, -0.2) is 30.3 Å². The standard InChI is InChI=1S/C26H38FN3O3/c1-3-24(31)30-23(26(33)28-16-19-5-4-6-19)14-20-11-12-22(21(27)13-20)29-25(32)15-18-9-7-17(2)8-10-18/h11-13,17-19,23H,3-10,14-16H2,1-2H3,(H,28,33)(H,29,32)(H,30,31)/t17-,18-,23-/m1/s1. The van der Waals surface area contributed by atoms with Crippen LogP contribution in [0.1, 0.15) is 77.2 Å². The highest BCUT2D eigenvalue weighted by molar-refractivity contribution is 5.91. The monoisotopic (exact) mass is 459 g/mol. The fourth-order valence-electron chi connectivity index (χ4n) is 4.59. The van der Waals surface area contributed by atoms with Crippen molar-refractivity contribution in [2.75, 3.05) is 11.9 Å². The Morgan fingerprint density at radius 3 is 2.36 bits per heavy atom. The van der Waals surface area contributed by atoms with E-state index in [4.69, 9.17) is 0 Å². The van der Waals surface area contributed by atoms with Gasteiger partial charge in [0.2, 0.25) is 17.7 Å². The zero-order chi connectivity index (χ0) is 23.8. The minimum Gasteiger partial charge on any atom is -0.354 e. The van der Waals surface area contributed by atoms with E-state index in [9.17, 15) is 18.8 Å². The summed E-state index contributed by atoms with van der Waals surface area (Å²) in [6.45, 7) is 4.57. The second-order valence-corrected chi connectivity index (χ2v) is 9.91. The number of hydrogen-bond acceptors (Lipinski definition) is 3. The molecule has 3 amide bonds. The van der Waals surface area contributed by atoms with Crippen molar-refractivity contribution >= 4 is 23.4 Å². The molecule has 0 bridgehead atoms. The second-order valence-electron chi connectivity index (χ2n) is 9.91. The third kappa shape index (κ3) is 7.83. The zero-order valence-corrected chi connectivity index (χ0v) is 19.9. The molecule has 1 atom stereocenters. The molecule has 3 rings (SSSR count). The van der Waals surface area contributed by atoms with Gasteiger partial charge in [0.25, 0.3) is 0 Å². The molecule has 182 valence electrons. The second kappa shape index (κ2) is 12.1. The summed E-state index contributed by atoms with van der Waals surface area (Å²) in [5, 5.41) is 8.37. The molecule has 0 aromatic heterocycles. The van der Waals surface area contributed by atoms with Crippen molar-refractivity contribution < 1.29 is 18.8 Å². The third-order valence-electron chi connectivity index (χ3n) is 7.12. The van der Waals surface area contributed by atoms with Gasteiger partial charge in [-0.05, 0) is 61.1 Å². The molecular formula is C26H38FN3O3. The molecule has 1 aromatic rings. The van der Waals surface area contributed by atoms with E-state index in [1.54, 1.807) is 13.0 Å². The fourth-order valence-corrected chi connectivity index (χ4v) is 4.59. The van der Waals surface area contributed by atoms with Crippen LogP contribution in [0, 0.1) is 23.6 Å². The van der Waals surface area contributed by atoms with Crippen molar-refractivity contribution in [2.24, 2.45) is 17.8 Å². The first kappa shape index (κ1) is 25.2. The van der Waals surface area contributed by atoms with Crippen LogP contribution in [0.2, 0.25) is 0 Å². The maximum atomic E-state index is 14.7. The van der Waals surface area contributed by atoms with E-state index in [2.05, 4.69) is 22.9 Å². The summed E-state index contributed by atoms with van der Waals surface area (Å²) in [5.41, 5.74) is 0.739. The molecule has 33 heavy (non-hydrogen) atoms. The summed E-state index contributed by atoms with van der Waals surface area (Å²) >= 11 is 0. The zero-order valence-electron chi connectivity index (χ0n) is 19.9. The number of carbonyl (C=O) groups is 3. The maximum Gasteiger partial charge on any atom is 0.242 e. The smallest absolute Gasteiger partial charge is 0.242 e. The third-order valence-corrected chi connectivity index (χ3v) is 7.12. The van der Waals surface area contributed by atoms with E-state index in [-0.39, 0.29) is 36.3 Å². The van der Waals surface area contributed by atoms with Gasteiger partial charge in [-0.15, -0.1) is 0 Å². The van der Waals surface area contributed by atoms with Crippen molar-refractivity contribution in [3.8, 4) is 0 Å². The Hall–Kier alpha value is -2.44. The molecule has 3 N–H and O–H groups in total. The number of rotatable bonds is 10. The minimum absolute atomic E-state index is 0.150. The molecule has 7 heteroatoms. The summed E-state index contributed by atoms with van der Waals surface area (Å²) in [6, 6.07) is 3.82. The first-order valence-corrected chi connectivity index (χ1v) is 12.5. The Morgan fingerprint density at radius 2 is 1.76 bits per heavy atom. The Bertz CT molecular complexity index is 832. The summed E-state index contributed by atoms with van der Waals surface area (Å²) in [4.78, 5) is 37.0. The van der Waals surface area contributed by atoms with E-state index >= 15 is 0 Å². The number of nitrogens with one attached hydrogen (secondary N) is 3. The van der Waals surface area contributed by atoms with Crippen LogP contribution in [0.15, 0.2) is 18.2 Å². The van der Waals surface area contributed by atoms with Crippen LogP contribution in [0.3, 0.4) is 0 Å². The van der Waals surface area contributed by atoms with Gasteiger partial charge in [-0.25, -0.2) is 4.39 Å². The van der Waals surface area contributed by atoms with Crippen molar-refractivity contribution in [3.63, 3.8) is 0 Å². The molecule has 2 aliphatic rings. The Labute approximate surface area is 196 Å². The van der Waals surface area contributed by atoms with Crippen molar-refractivity contribution in [1.29, 1.82) is 0 Å². The lowest BCUT2D eigenvalue weighted by Gasteiger charge is -2.27. The van der Waals surface area contributed by atoms with E-state index in [1.807, 2.05) is 0 Å². The predicted molar refractivity (Wildman–Crippen MR) is 127 cm³/mol. The minimum atomic E-state index is -0.758. The van der Waals surface area contributed by atoms with Gasteiger partial charge in [0.05, 0.1) is 5.69 Å². The van der Waals surface area contributed by atoms with Crippen LogP contribution >= 0.6 is 0 Å². The normalized spacial score (nSPS) is 21.5. The summed E-state index contributed by atoms with van der Waals surface area (Å²) in [7, 11) is 0. The Kier molecular flexibility index (Phi) is 9.27. The van der Waals surface area contributed by atoms with E-state index in [1.165, 1.54) is 18.6 Å². The molecule has 2 fully saturated rings. The van der Waals surface area contributed by atoms with Gasteiger partial charge in [0.1, 0.15) is 11.9 Å². The number of anilines is 1. The molecule has 2 saturated carbocycles. The molecule has 0 radical (unpaired) electrons. The number of hydrogen-bond donors (Lipinski definition) is 3. The SMILES string of the molecule is CCC(=O)N[C@H](Cc1ccc(NC(=O)C[C@H]2CC[C@H](C)CC2)c(F)c1)C(=O)NCC1CCC1. The van der Waals surface area contributed by atoms with Crippen LogP contribution in [0.5, 0.6) is 0 Å². The van der Waals surface area contributed by atoms with Crippen molar-refractivity contribution in [1.82, 2.24) is 10.6 Å². The van der Waals surface area contributed by atoms with E-state index in [0.29, 0.717) is 30.4 Å². The van der Waals surface area contributed by atoms with Gasteiger partial charge in [-0.2, -0.15) is 0 Å². The Balaban J connectivity index is 1.56. The molecule has 2 aliphatic carbocycles. The molecule has 0 aliphatic heterocycles. The van der Waals surface area contributed by atoms with Gasteiger partial charge in [0.15, 0.2) is 0 Å². The van der Waals surface area contributed by atoms with Crippen LogP contribution in [0.25, 0.3) is 0 Å². The molecule has 0 heterocycles. The first-order valence-electron chi connectivity index (χ1n) is 12.5. The number of halogens is 1. The van der Waals surface area contributed by atoms with Gasteiger partial charge >= 0.3 is 0 Å². The predicted octanol–water partition coefficient (Wildman–Crippen LogP) is 4.33. The van der Waals surface area contributed by atoms with Crippen LogP contribution in [0.4, 0.5) is 10.1 Å². The lowest BCUT2D eigenvalue weighted by molar-refractivity contribution is -0.129. The Morgan fingerprint density at radius 1 is 1.03 bits per heavy atom. The van der Waals surface area contributed by atoms with Crippen LogP contribution in [-0.2, 0) is 20.8 Å². The molecule has 6 nitrogen and oxygen atoms in total. The highest BCUT2D eigenvalue weighted by atomic mass is 19.1. The summed E-state index contributed by atoms with van der Waals surface area (Å²) < 4.78 is 14.7. The highest BCUT2D eigenvalue weighted by Gasteiger charge is 2.24. The topological polar surface area (TPSA) is 87.3 Å². The molecule has 0 spiro atoms. The quantitative estimate of drug-likeness (QED) is 0.487. The molecule has 0 saturated heterocycles. The van der Waals surface area contributed by atoms with Crippen LogP contribution < -0.4 is 16.0 Å². The fraction of sp³-hybridized carbons (Fsp3) is 0.654. The largest absolute Gasteiger partial charge is 0.354 e. The van der Waals surface area contributed by atoms with Gasteiger partial charge in [-0.1, -0.05) is 39.2 Å². The molecular weight excluding hydrogens is 421 g/mol. The number of carbonyl (C=O) groups excluding carboxylic acids is 3. The van der Waals surface area contributed by atoms with Gasteiger partial charge in [-0.3, -0.25) is 14.4 Å². The van der Waals surface area contributed by atoms with Crippen molar-refractivity contribution in [2.45, 2.75) is 84.1 Å². The summed E-state index contributed by atoms with van der Waals surface area (Å²) in [5.74, 6) is 0.432. The first-order chi connectivity index (χ1) is 15.8. The lowest BCUT2D eigenvalue weighted by Crippen LogP contribution is -2.49. The summed E-state index contributed by atoms with van der Waals surface area (Å²) in [6.07, 6.45) is 8.68. The van der Waals surface area contributed by atoms with Gasteiger partial charge in [0, 0.05) is 25.8 Å². The number of amides is 3.